The van der Waals surface area contributed by atoms with E-state index >= 15 is 0 Å². The van der Waals surface area contributed by atoms with Crippen LogP contribution in [-0.4, -0.2) is 28.4 Å². The van der Waals surface area contributed by atoms with Crippen LogP contribution in [0.15, 0.2) is 78.4 Å². The minimum Gasteiger partial charge on any atom is -0.507 e. The number of carbonyl (C=O) groups excluding carboxylic acids is 2. The number of thiazole rings is 1. The lowest BCUT2D eigenvalue weighted by Crippen LogP contribution is -2.29. The molecule has 1 aromatic heterocycles. The zero-order valence-electron chi connectivity index (χ0n) is 19.4. The van der Waals surface area contributed by atoms with Gasteiger partial charge in [-0.2, -0.15) is 0 Å². The van der Waals surface area contributed by atoms with Crippen LogP contribution in [0.1, 0.15) is 36.1 Å². The number of hydrogen-bond acceptors (Lipinski definition) is 6. The summed E-state index contributed by atoms with van der Waals surface area (Å²) in [7, 11) is 0. The van der Waals surface area contributed by atoms with Crippen LogP contribution >= 0.6 is 11.3 Å². The van der Waals surface area contributed by atoms with E-state index in [0.717, 1.165) is 22.2 Å². The Labute approximate surface area is 207 Å². The third-order valence-electron chi connectivity index (χ3n) is 5.88. The van der Waals surface area contributed by atoms with Crippen molar-refractivity contribution in [3.63, 3.8) is 0 Å². The Morgan fingerprint density at radius 2 is 1.86 bits per heavy atom. The first-order valence-corrected chi connectivity index (χ1v) is 12.3. The van der Waals surface area contributed by atoms with Crippen molar-refractivity contribution < 1.29 is 19.4 Å². The summed E-state index contributed by atoms with van der Waals surface area (Å²) in [6.07, 6.45) is 0.849. The number of Topliss-reactive ketones (excluding diaryl/α,β-unsaturated/α-hetero) is 1. The SMILES string of the molecule is CCCOc1cccc(C2C(=C(O)c3ccccc3)C(=O)C(=O)N2c2nc3ccc(C)cc3s2)c1. The number of aliphatic hydroxyl groups is 1. The maximum absolute atomic E-state index is 13.4. The first-order chi connectivity index (χ1) is 17.0. The molecule has 7 heteroatoms. The number of benzene rings is 3. The number of amides is 1. The van der Waals surface area contributed by atoms with Crippen molar-refractivity contribution in [2.24, 2.45) is 0 Å². The number of aliphatic hydroxyl groups excluding tert-OH is 1. The fraction of sp³-hybridized carbons (Fsp3) is 0.179. The van der Waals surface area contributed by atoms with Crippen molar-refractivity contribution >= 4 is 44.1 Å². The molecule has 0 aliphatic carbocycles. The second kappa shape index (κ2) is 9.35. The molecule has 4 aromatic rings. The minimum atomic E-state index is -0.845. The first-order valence-electron chi connectivity index (χ1n) is 11.4. The van der Waals surface area contributed by atoms with Crippen LogP contribution in [0.3, 0.4) is 0 Å². The molecule has 176 valence electrons. The van der Waals surface area contributed by atoms with Crippen LogP contribution < -0.4 is 9.64 Å². The molecule has 0 saturated carbocycles. The molecule has 1 amide bonds. The van der Waals surface area contributed by atoms with Crippen LogP contribution in [-0.2, 0) is 9.59 Å². The summed E-state index contributed by atoms with van der Waals surface area (Å²) < 4.78 is 6.73. The van der Waals surface area contributed by atoms with Crippen LogP contribution in [0, 0.1) is 6.92 Å². The molecule has 1 aliphatic rings. The van der Waals surface area contributed by atoms with Crippen LogP contribution in [0.25, 0.3) is 16.0 Å². The summed E-state index contributed by atoms with van der Waals surface area (Å²) in [5.41, 5.74) is 2.99. The molecule has 35 heavy (non-hydrogen) atoms. The maximum atomic E-state index is 13.4. The summed E-state index contributed by atoms with van der Waals surface area (Å²) >= 11 is 1.35. The Hall–Kier alpha value is -3.97. The van der Waals surface area contributed by atoms with Crippen molar-refractivity contribution in [2.75, 3.05) is 11.5 Å². The van der Waals surface area contributed by atoms with Gasteiger partial charge in [-0.3, -0.25) is 14.5 Å². The third-order valence-corrected chi connectivity index (χ3v) is 6.89. The lowest BCUT2D eigenvalue weighted by molar-refractivity contribution is -0.132. The maximum Gasteiger partial charge on any atom is 0.301 e. The topological polar surface area (TPSA) is 79.7 Å². The smallest absolute Gasteiger partial charge is 0.301 e. The largest absolute Gasteiger partial charge is 0.507 e. The first kappa shape index (κ1) is 22.8. The lowest BCUT2D eigenvalue weighted by atomic mass is 9.95. The molecule has 1 N–H and O–H groups in total. The zero-order valence-corrected chi connectivity index (χ0v) is 20.2. The zero-order chi connectivity index (χ0) is 24.5. The number of ketones is 1. The van der Waals surface area contributed by atoms with Gasteiger partial charge in [0.15, 0.2) is 5.13 Å². The molecule has 0 bridgehead atoms. The molecule has 0 radical (unpaired) electrons. The van der Waals surface area contributed by atoms with E-state index in [4.69, 9.17) is 4.74 Å². The van der Waals surface area contributed by atoms with E-state index in [9.17, 15) is 14.7 Å². The van der Waals surface area contributed by atoms with Crippen molar-refractivity contribution in [1.29, 1.82) is 0 Å². The number of rotatable bonds is 6. The molecule has 1 aliphatic heterocycles. The Bertz CT molecular complexity index is 1460. The predicted octanol–water partition coefficient (Wildman–Crippen LogP) is 6.02. The van der Waals surface area contributed by atoms with Gasteiger partial charge < -0.3 is 9.84 Å². The number of fused-ring (bicyclic) bond motifs is 1. The second-order valence-corrected chi connectivity index (χ2v) is 9.43. The van der Waals surface area contributed by atoms with Gasteiger partial charge >= 0.3 is 5.91 Å². The highest BCUT2D eigenvalue weighted by Crippen LogP contribution is 2.44. The second-order valence-electron chi connectivity index (χ2n) is 8.42. The average molecular weight is 485 g/mol. The summed E-state index contributed by atoms with van der Waals surface area (Å²) in [6, 6.07) is 21.1. The highest BCUT2D eigenvalue weighted by atomic mass is 32.1. The standard InChI is InChI=1S/C28H24N2O4S/c1-3-14-34-20-11-7-10-19(16-20)24-23(25(31)18-8-5-4-6-9-18)26(32)27(33)30(24)28-29-21-13-12-17(2)15-22(21)35-28/h4-13,15-16,24,31H,3,14H2,1-2H3. The van der Waals surface area contributed by atoms with Gasteiger partial charge in [-0.25, -0.2) is 4.98 Å². The Balaban J connectivity index is 1.70. The van der Waals surface area contributed by atoms with E-state index in [2.05, 4.69) is 4.98 Å². The molecule has 1 unspecified atom stereocenters. The number of nitrogens with zero attached hydrogens (tertiary/aromatic N) is 2. The molecule has 3 aromatic carbocycles. The van der Waals surface area contributed by atoms with E-state index < -0.39 is 17.7 Å². The van der Waals surface area contributed by atoms with Gasteiger partial charge in [0.25, 0.3) is 5.78 Å². The molecule has 1 fully saturated rings. The van der Waals surface area contributed by atoms with E-state index in [1.165, 1.54) is 16.2 Å². The summed E-state index contributed by atoms with van der Waals surface area (Å²) in [5, 5.41) is 11.6. The fourth-order valence-corrected chi connectivity index (χ4v) is 5.30. The number of ether oxygens (including phenoxy) is 1. The number of aromatic nitrogens is 1. The molecule has 1 atom stereocenters. The molecule has 0 spiro atoms. The summed E-state index contributed by atoms with van der Waals surface area (Å²) in [4.78, 5) is 32.8. The van der Waals surface area contributed by atoms with Crippen molar-refractivity contribution in [2.45, 2.75) is 26.3 Å². The van der Waals surface area contributed by atoms with Gasteiger partial charge in [-0.15, -0.1) is 0 Å². The summed E-state index contributed by atoms with van der Waals surface area (Å²) in [6.45, 7) is 4.56. The monoisotopic (exact) mass is 484 g/mol. The van der Waals surface area contributed by atoms with Crippen LogP contribution in [0.4, 0.5) is 5.13 Å². The van der Waals surface area contributed by atoms with Gasteiger partial charge in [-0.1, -0.05) is 66.8 Å². The van der Waals surface area contributed by atoms with Gasteiger partial charge in [0.05, 0.1) is 28.4 Å². The van der Waals surface area contributed by atoms with Crippen LogP contribution in [0.5, 0.6) is 5.75 Å². The minimum absolute atomic E-state index is 0.0317. The van der Waals surface area contributed by atoms with E-state index in [1.807, 2.05) is 62.4 Å². The van der Waals surface area contributed by atoms with Crippen molar-refractivity contribution in [3.8, 4) is 5.75 Å². The van der Waals surface area contributed by atoms with Gasteiger partial charge in [0.2, 0.25) is 0 Å². The number of anilines is 1. The van der Waals surface area contributed by atoms with E-state index in [-0.39, 0.29) is 11.3 Å². The Morgan fingerprint density at radius 3 is 2.63 bits per heavy atom. The molecule has 2 heterocycles. The molecule has 1 saturated heterocycles. The van der Waals surface area contributed by atoms with Crippen LogP contribution in [0.2, 0.25) is 0 Å². The molecule has 5 rings (SSSR count). The highest BCUT2D eigenvalue weighted by molar-refractivity contribution is 7.22. The highest BCUT2D eigenvalue weighted by Gasteiger charge is 2.48. The third kappa shape index (κ3) is 4.19. The Morgan fingerprint density at radius 1 is 1.06 bits per heavy atom. The van der Waals surface area contributed by atoms with Gasteiger partial charge in [-0.05, 0) is 48.7 Å². The number of hydrogen-bond donors (Lipinski definition) is 1. The fourth-order valence-electron chi connectivity index (χ4n) is 4.21. The van der Waals surface area contributed by atoms with Crippen molar-refractivity contribution in [3.05, 3.63) is 95.1 Å². The quantitative estimate of drug-likeness (QED) is 0.206. The summed E-state index contributed by atoms with van der Waals surface area (Å²) in [5.74, 6) is -1.04. The van der Waals surface area contributed by atoms with E-state index in [0.29, 0.717) is 28.6 Å². The number of aryl methyl sites for hydroxylation is 1. The molecular formula is C28H24N2O4S. The van der Waals surface area contributed by atoms with Gasteiger partial charge in [0, 0.05) is 5.56 Å². The lowest BCUT2D eigenvalue weighted by Gasteiger charge is -2.23. The van der Waals surface area contributed by atoms with E-state index in [1.54, 1.807) is 24.3 Å². The Kier molecular flexibility index (Phi) is 6.09. The average Bonchev–Trinajstić information content (AvgIpc) is 3.40. The van der Waals surface area contributed by atoms with Crippen molar-refractivity contribution in [1.82, 2.24) is 4.98 Å². The normalized spacial score (nSPS) is 17.3. The predicted molar refractivity (Wildman–Crippen MR) is 138 cm³/mol. The molecule has 6 nitrogen and oxygen atoms in total. The number of carbonyl (C=O) groups is 2. The van der Waals surface area contributed by atoms with Gasteiger partial charge in [0.1, 0.15) is 11.5 Å². The molecular weight excluding hydrogens is 460 g/mol.